The van der Waals surface area contributed by atoms with Crippen molar-refractivity contribution in [3.05, 3.63) is 101 Å². The van der Waals surface area contributed by atoms with Crippen molar-refractivity contribution in [2.45, 2.75) is 19.8 Å². The van der Waals surface area contributed by atoms with Gasteiger partial charge in [-0.25, -0.2) is 5.43 Å². The summed E-state index contributed by atoms with van der Waals surface area (Å²) in [5, 5.41) is 15.3. The van der Waals surface area contributed by atoms with Gasteiger partial charge in [-0.2, -0.15) is 5.10 Å². The first kappa shape index (κ1) is 31.7. The Morgan fingerprint density at radius 1 is 0.955 bits per heavy atom. The van der Waals surface area contributed by atoms with Crippen LogP contribution >= 0.6 is 11.3 Å². The predicted molar refractivity (Wildman–Crippen MR) is 169 cm³/mol. The van der Waals surface area contributed by atoms with Crippen LogP contribution in [0.25, 0.3) is 0 Å². The number of carbonyl (C=O) groups excluding carboxylic acids is 2. The van der Waals surface area contributed by atoms with E-state index in [-0.39, 0.29) is 23.4 Å². The van der Waals surface area contributed by atoms with E-state index < -0.39 is 0 Å². The van der Waals surface area contributed by atoms with Crippen LogP contribution in [0.1, 0.15) is 33.4 Å². The minimum Gasteiger partial charge on any atom is -0.497 e. The van der Waals surface area contributed by atoms with Crippen LogP contribution in [0.2, 0.25) is 0 Å². The zero-order chi connectivity index (χ0) is 31.1. The highest BCUT2D eigenvalue weighted by molar-refractivity contribution is 7.15. The van der Waals surface area contributed by atoms with Crippen molar-refractivity contribution in [3.8, 4) is 23.0 Å². The Balaban J connectivity index is 1.25. The average molecular weight is 616 g/mol. The number of rotatable bonds is 16. The van der Waals surface area contributed by atoms with Crippen molar-refractivity contribution in [3.63, 3.8) is 0 Å². The normalized spacial score (nSPS) is 10.7. The molecule has 0 aliphatic carbocycles. The van der Waals surface area contributed by atoms with Gasteiger partial charge >= 0.3 is 0 Å². The Bertz CT molecular complexity index is 1590. The molecule has 44 heavy (non-hydrogen) atoms. The highest BCUT2D eigenvalue weighted by Crippen LogP contribution is 2.28. The Labute approximate surface area is 259 Å². The fourth-order valence-electron chi connectivity index (χ4n) is 3.91. The molecule has 228 valence electrons. The molecule has 1 heterocycles. The van der Waals surface area contributed by atoms with Gasteiger partial charge in [0.05, 0.1) is 26.4 Å². The van der Waals surface area contributed by atoms with E-state index in [9.17, 15) is 9.59 Å². The number of amides is 2. The van der Waals surface area contributed by atoms with Crippen LogP contribution < -0.4 is 29.7 Å². The number of nitrogens with one attached hydrogen (secondary N) is 2. The number of hydrogen-bond acceptors (Lipinski definition) is 10. The fraction of sp³-hybridized carbons (Fsp3) is 0.219. The standard InChI is InChI=1S/C32H33N5O6S/c1-4-8-23-9-6-7-10-26(23)42-17-18-43-27-16-11-22(19-28(27)41-5-2)21-33-35-29(38)20-30-36-37-32(44-30)34-31(39)24-12-14-25(40-3)15-13-24/h4,6-7,9-16,19,21H,1,5,8,17-18,20H2,2-3H3,(H,35,38)(H,34,37,39). The SMILES string of the molecule is C=CCc1ccccc1OCCOc1ccc(C=NNC(=O)Cc2nnc(NC(=O)c3ccc(OC)cc3)s2)cc1OCC. The summed E-state index contributed by atoms with van der Waals surface area (Å²) in [6.45, 7) is 6.81. The molecule has 0 saturated heterocycles. The van der Waals surface area contributed by atoms with Crippen LogP contribution in [-0.4, -0.2) is 55.2 Å². The number of carbonyl (C=O) groups is 2. The van der Waals surface area contributed by atoms with Crippen LogP contribution in [0.15, 0.2) is 84.5 Å². The van der Waals surface area contributed by atoms with Gasteiger partial charge in [-0.1, -0.05) is 35.6 Å². The molecule has 2 amide bonds. The topological polar surface area (TPSA) is 133 Å². The number of aromatic nitrogens is 2. The van der Waals surface area contributed by atoms with E-state index in [0.717, 1.165) is 29.1 Å². The number of ether oxygens (including phenoxy) is 4. The second-order valence-electron chi connectivity index (χ2n) is 9.09. The van der Waals surface area contributed by atoms with Gasteiger partial charge in [0.25, 0.3) is 5.91 Å². The largest absolute Gasteiger partial charge is 0.497 e. The van der Waals surface area contributed by atoms with Gasteiger partial charge in [0.2, 0.25) is 11.0 Å². The van der Waals surface area contributed by atoms with E-state index in [1.54, 1.807) is 49.6 Å². The number of nitrogens with zero attached hydrogens (tertiary/aromatic N) is 3. The molecule has 0 aliphatic heterocycles. The molecular weight excluding hydrogens is 582 g/mol. The smallest absolute Gasteiger partial charge is 0.257 e. The molecule has 12 heteroatoms. The van der Waals surface area contributed by atoms with E-state index >= 15 is 0 Å². The van der Waals surface area contributed by atoms with E-state index in [4.69, 9.17) is 18.9 Å². The molecular formula is C32H33N5O6S. The minimum atomic E-state index is -0.384. The first-order valence-electron chi connectivity index (χ1n) is 13.8. The monoisotopic (exact) mass is 615 g/mol. The van der Waals surface area contributed by atoms with E-state index in [2.05, 4.69) is 32.6 Å². The second-order valence-corrected chi connectivity index (χ2v) is 10.2. The fourth-order valence-corrected chi connectivity index (χ4v) is 4.64. The van der Waals surface area contributed by atoms with Crippen LogP contribution in [0.3, 0.4) is 0 Å². The molecule has 0 saturated carbocycles. The molecule has 1 aromatic heterocycles. The molecule has 4 aromatic rings. The summed E-state index contributed by atoms with van der Waals surface area (Å²) in [6, 6.07) is 19.8. The van der Waals surface area contributed by atoms with Crippen molar-refractivity contribution in [1.29, 1.82) is 0 Å². The van der Waals surface area contributed by atoms with Crippen LogP contribution in [0, 0.1) is 0 Å². The Kier molecular flexibility index (Phi) is 11.8. The number of para-hydroxylation sites is 1. The maximum Gasteiger partial charge on any atom is 0.257 e. The Morgan fingerprint density at radius 2 is 1.73 bits per heavy atom. The van der Waals surface area contributed by atoms with E-state index in [1.165, 1.54) is 6.21 Å². The number of methoxy groups -OCH3 is 1. The third-order valence-electron chi connectivity index (χ3n) is 5.96. The van der Waals surface area contributed by atoms with Crippen LogP contribution in [0.5, 0.6) is 23.0 Å². The molecule has 0 radical (unpaired) electrons. The third kappa shape index (κ3) is 9.39. The number of hydrazone groups is 1. The molecule has 0 fully saturated rings. The van der Waals surface area contributed by atoms with E-state index in [1.807, 2.05) is 37.3 Å². The Hall–Kier alpha value is -5.23. The summed E-state index contributed by atoms with van der Waals surface area (Å²) in [5.41, 5.74) is 4.69. The molecule has 0 aliphatic rings. The number of anilines is 1. The lowest BCUT2D eigenvalue weighted by molar-refractivity contribution is -0.120. The van der Waals surface area contributed by atoms with Gasteiger partial charge in [-0.05, 0) is 73.0 Å². The summed E-state index contributed by atoms with van der Waals surface area (Å²) >= 11 is 1.11. The van der Waals surface area contributed by atoms with Gasteiger partial charge in [0, 0.05) is 5.56 Å². The molecule has 0 bridgehead atoms. The van der Waals surface area contributed by atoms with Crippen molar-refractivity contribution >= 4 is 34.5 Å². The lowest BCUT2D eigenvalue weighted by Crippen LogP contribution is -2.19. The maximum absolute atomic E-state index is 12.4. The summed E-state index contributed by atoms with van der Waals surface area (Å²) in [7, 11) is 1.55. The predicted octanol–water partition coefficient (Wildman–Crippen LogP) is 5.08. The first-order valence-corrected chi connectivity index (χ1v) is 14.6. The first-order chi connectivity index (χ1) is 21.5. The van der Waals surface area contributed by atoms with Gasteiger partial charge in [-0.3, -0.25) is 14.9 Å². The maximum atomic E-state index is 12.4. The third-order valence-corrected chi connectivity index (χ3v) is 6.80. The summed E-state index contributed by atoms with van der Waals surface area (Å²) in [6.07, 6.45) is 4.02. The summed E-state index contributed by atoms with van der Waals surface area (Å²) in [5.74, 6) is 1.84. The van der Waals surface area contributed by atoms with Gasteiger partial charge in [0.15, 0.2) is 11.5 Å². The van der Waals surface area contributed by atoms with Crippen LogP contribution in [0.4, 0.5) is 5.13 Å². The number of allylic oxidation sites excluding steroid dienone is 1. The summed E-state index contributed by atoms with van der Waals surface area (Å²) < 4.78 is 22.6. The molecule has 2 N–H and O–H groups in total. The lowest BCUT2D eigenvalue weighted by atomic mass is 10.1. The molecule has 4 rings (SSSR count). The van der Waals surface area contributed by atoms with Crippen molar-refractivity contribution in [2.75, 3.05) is 32.2 Å². The molecule has 0 atom stereocenters. The minimum absolute atomic E-state index is 0.0511. The second kappa shape index (κ2) is 16.4. The van der Waals surface area contributed by atoms with Gasteiger partial charge < -0.3 is 18.9 Å². The van der Waals surface area contributed by atoms with Crippen molar-refractivity contribution < 1.29 is 28.5 Å². The average Bonchev–Trinajstić information content (AvgIpc) is 3.47. The van der Waals surface area contributed by atoms with Crippen LogP contribution in [-0.2, 0) is 17.6 Å². The van der Waals surface area contributed by atoms with E-state index in [0.29, 0.717) is 53.2 Å². The van der Waals surface area contributed by atoms with Gasteiger partial charge in [0.1, 0.15) is 29.7 Å². The highest BCUT2D eigenvalue weighted by atomic mass is 32.1. The van der Waals surface area contributed by atoms with Crippen molar-refractivity contribution in [1.82, 2.24) is 15.6 Å². The number of hydrogen-bond donors (Lipinski definition) is 2. The van der Waals surface area contributed by atoms with Gasteiger partial charge in [-0.15, -0.1) is 16.8 Å². The zero-order valence-corrected chi connectivity index (χ0v) is 25.3. The lowest BCUT2D eigenvalue weighted by Gasteiger charge is -2.14. The quantitative estimate of drug-likeness (QED) is 0.0772. The summed E-state index contributed by atoms with van der Waals surface area (Å²) in [4.78, 5) is 24.8. The highest BCUT2D eigenvalue weighted by Gasteiger charge is 2.13. The molecule has 0 unspecified atom stereocenters. The molecule has 0 spiro atoms. The zero-order valence-electron chi connectivity index (χ0n) is 24.4. The Morgan fingerprint density at radius 3 is 2.48 bits per heavy atom. The number of benzene rings is 3. The molecule has 11 nitrogen and oxygen atoms in total. The van der Waals surface area contributed by atoms with Crippen molar-refractivity contribution in [2.24, 2.45) is 5.10 Å². The molecule has 3 aromatic carbocycles.